The highest BCUT2D eigenvalue weighted by Crippen LogP contribution is 2.32. The van der Waals surface area contributed by atoms with Gasteiger partial charge >= 0.3 is 0 Å². The Balaban J connectivity index is 1.50. The van der Waals surface area contributed by atoms with E-state index in [9.17, 15) is 0 Å². The van der Waals surface area contributed by atoms with E-state index in [2.05, 4.69) is 65.3 Å². The van der Waals surface area contributed by atoms with Crippen molar-refractivity contribution in [2.75, 3.05) is 6.54 Å². The quantitative estimate of drug-likeness (QED) is 0.671. The molecule has 1 aliphatic rings. The van der Waals surface area contributed by atoms with Crippen molar-refractivity contribution < 1.29 is 0 Å². The fourth-order valence-electron chi connectivity index (χ4n) is 3.77. The third kappa shape index (κ3) is 4.00. The zero-order valence-electron chi connectivity index (χ0n) is 15.3. The van der Waals surface area contributed by atoms with Crippen molar-refractivity contribution in [1.29, 1.82) is 0 Å². The standard InChI is InChI=1S/C23H25N3/c1-18-9-11-19(12-10-18)15-21-6-2-7-22(25-21)23-8-4-14-26(23)17-20-5-3-13-24-16-20/h2-3,5-7,9-13,16,23H,4,8,14-15,17H2,1H3/t23-/m1/s1. The van der Waals surface area contributed by atoms with Crippen LogP contribution in [-0.2, 0) is 13.0 Å². The van der Waals surface area contributed by atoms with E-state index in [1.807, 2.05) is 18.5 Å². The van der Waals surface area contributed by atoms with Gasteiger partial charge in [0.15, 0.2) is 0 Å². The van der Waals surface area contributed by atoms with Crippen molar-refractivity contribution in [2.24, 2.45) is 0 Å². The summed E-state index contributed by atoms with van der Waals surface area (Å²) in [5.74, 6) is 0. The molecular weight excluding hydrogens is 318 g/mol. The summed E-state index contributed by atoms with van der Waals surface area (Å²) < 4.78 is 0. The molecule has 3 aromatic rings. The van der Waals surface area contributed by atoms with Gasteiger partial charge in [0.2, 0.25) is 0 Å². The van der Waals surface area contributed by atoms with Crippen LogP contribution < -0.4 is 0 Å². The Labute approximate surface area is 155 Å². The van der Waals surface area contributed by atoms with Crippen LogP contribution in [0.15, 0.2) is 67.0 Å². The van der Waals surface area contributed by atoms with Gasteiger partial charge in [0.05, 0.1) is 11.7 Å². The minimum Gasteiger partial charge on any atom is -0.290 e. The smallest absolute Gasteiger partial charge is 0.0578 e. The zero-order chi connectivity index (χ0) is 17.8. The molecule has 1 aliphatic heterocycles. The molecule has 26 heavy (non-hydrogen) atoms. The summed E-state index contributed by atoms with van der Waals surface area (Å²) in [7, 11) is 0. The molecule has 4 rings (SSSR count). The maximum atomic E-state index is 5.01. The van der Waals surface area contributed by atoms with Crippen molar-refractivity contribution in [1.82, 2.24) is 14.9 Å². The normalized spacial score (nSPS) is 17.5. The number of likely N-dealkylation sites (tertiary alicyclic amines) is 1. The molecule has 0 N–H and O–H groups in total. The van der Waals surface area contributed by atoms with Crippen LogP contribution >= 0.6 is 0 Å². The SMILES string of the molecule is Cc1ccc(Cc2cccc([C@H]3CCCN3Cc3cccnc3)n2)cc1. The van der Waals surface area contributed by atoms with Crippen LogP contribution in [0, 0.1) is 6.92 Å². The second kappa shape index (κ2) is 7.79. The fraction of sp³-hybridized carbons (Fsp3) is 0.304. The Morgan fingerprint density at radius 3 is 2.69 bits per heavy atom. The van der Waals surface area contributed by atoms with Gasteiger partial charge in [-0.3, -0.25) is 14.9 Å². The van der Waals surface area contributed by atoms with Crippen molar-refractivity contribution in [3.63, 3.8) is 0 Å². The summed E-state index contributed by atoms with van der Waals surface area (Å²) >= 11 is 0. The summed E-state index contributed by atoms with van der Waals surface area (Å²) in [6.07, 6.45) is 7.11. The number of aromatic nitrogens is 2. The summed E-state index contributed by atoms with van der Waals surface area (Å²) in [6, 6.07) is 19.8. The first-order valence-corrected chi connectivity index (χ1v) is 9.42. The second-order valence-corrected chi connectivity index (χ2v) is 7.21. The average molecular weight is 343 g/mol. The van der Waals surface area contributed by atoms with Gasteiger partial charge in [0.25, 0.3) is 0 Å². The Hall–Kier alpha value is -2.52. The van der Waals surface area contributed by atoms with E-state index in [1.54, 1.807) is 0 Å². The van der Waals surface area contributed by atoms with Gasteiger partial charge in [-0.15, -0.1) is 0 Å². The highest BCUT2D eigenvalue weighted by Gasteiger charge is 2.27. The summed E-state index contributed by atoms with van der Waals surface area (Å²) in [4.78, 5) is 11.8. The third-order valence-electron chi connectivity index (χ3n) is 5.15. The minimum atomic E-state index is 0.410. The highest BCUT2D eigenvalue weighted by atomic mass is 15.2. The molecule has 3 nitrogen and oxygen atoms in total. The molecule has 2 aromatic heterocycles. The van der Waals surface area contributed by atoms with Gasteiger partial charge in [0.1, 0.15) is 0 Å². The predicted molar refractivity (Wildman–Crippen MR) is 105 cm³/mol. The maximum Gasteiger partial charge on any atom is 0.0578 e. The number of benzene rings is 1. The first kappa shape index (κ1) is 16.9. The van der Waals surface area contributed by atoms with Crippen molar-refractivity contribution in [3.8, 4) is 0 Å². The zero-order valence-corrected chi connectivity index (χ0v) is 15.3. The number of aryl methyl sites for hydroxylation is 1. The molecule has 3 heterocycles. The number of hydrogen-bond donors (Lipinski definition) is 0. The molecule has 0 amide bonds. The lowest BCUT2D eigenvalue weighted by atomic mass is 10.1. The van der Waals surface area contributed by atoms with E-state index in [1.165, 1.54) is 35.2 Å². The fourth-order valence-corrected chi connectivity index (χ4v) is 3.77. The highest BCUT2D eigenvalue weighted by molar-refractivity contribution is 5.26. The Morgan fingerprint density at radius 2 is 1.88 bits per heavy atom. The molecular formula is C23H25N3. The molecule has 0 radical (unpaired) electrons. The van der Waals surface area contributed by atoms with Gasteiger partial charge in [-0.1, -0.05) is 42.0 Å². The van der Waals surface area contributed by atoms with Crippen LogP contribution in [0.4, 0.5) is 0 Å². The Morgan fingerprint density at radius 1 is 1.00 bits per heavy atom. The van der Waals surface area contributed by atoms with E-state index in [4.69, 9.17) is 4.98 Å². The van der Waals surface area contributed by atoms with Crippen molar-refractivity contribution in [3.05, 3.63) is 95.1 Å². The summed E-state index contributed by atoms with van der Waals surface area (Å²) in [5.41, 5.74) is 6.25. The first-order valence-electron chi connectivity index (χ1n) is 9.42. The Kier molecular flexibility index (Phi) is 5.07. The minimum absolute atomic E-state index is 0.410. The maximum absolute atomic E-state index is 5.01. The van der Waals surface area contributed by atoms with Crippen LogP contribution in [-0.4, -0.2) is 21.4 Å². The predicted octanol–water partition coefficient (Wildman–Crippen LogP) is 4.71. The first-order chi connectivity index (χ1) is 12.8. The summed E-state index contributed by atoms with van der Waals surface area (Å²) in [5, 5.41) is 0. The largest absolute Gasteiger partial charge is 0.290 e. The Bertz CT molecular complexity index is 843. The van der Waals surface area contributed by atoms with Crippen molar-refractivity contribution in [2.45, 2.75) is 38.8 Å². The molecule has 1 atom stereocenters. The molecule has 132 valence electrons. The topological polar surface area (TPSA) is 29.0 Å². The van der Waals surface area contributed by atoms with E-state index in [0.29, 0.717) is 6.04 Å². The van der Waals surface area contributed by atoms with Gasteiger partial charge in [-0.25, -0.2) is 0 Å². The molecule has 1 fully saturated rings. The molecule has 1 saturated heterocycles. The second-order valence-electron chi connectivity index (χ2n) is 7.21. The summed E-state index contributed by atoms with van der Waals surface area (Å²) in [6.45, 7) is 4.20. The molecule has 0 saturated carbocycles. The van der Waals surface area contributed by atoms with Crippen LogP contribution in [0.3, 0.4) is 0 Å². The van der Waals surface area contributed by atoms with Crippen LogP contribution in [0.2, 0.25) is 0 Å². The molecule has 0 aliphatic carbocycles. The van der Waals surface area contributed by atoms with E-state index < -0.39 is 0 Å². The van der Waals surface area contributed by atoms with E-state index >= 15 is 0 Å². The van der Waals surface area contributed by atoms with Crippen LogP contribution in [0.5, 0.6) is 0 Å². The monoisotopic (exact) mass is 343 g/mol. The van der Waals surface area contributed by atoms with Gasteiger partial charge in [-0.05, 0) is 55.6 Å². The number of hydrogen-bond acceptors (Lipinski definition) is 3. The number of nitrogens with zero attached hydrogens (tertiary/aromatic N) is 3. The molecule has 3 heteroatoms. The van der Waals surface area contributed by atoms with E-state index in [0.717, 1.165) is 25.2 Å². The molecule has 0 unspecified atom stereocenters. The molecule has 1 aromatic carbocycles. The van der Waals surface area contributed by atoms with Crippen LogP contribution in [0.25, 0.3) is 0 Å². The van der Waals surface area contributed by atoms with Gasteiger partial charge in [0, 0.05) is 31.1 Å². The number of pyridine rings is 2. The van der Waals surface area contributed by atoms with Crippen molar-refractivity contribution >= 4 is 0 Å². The molecule has 0 bridgehead atoms. The average Bonchev–Trinajstić information content (AvgIpc) is 3.13. The lowest BCUT2D eigenvalue weighted by molar-refractivity contribution is 0.244. The number of rotatable bonds is 5. The van der Waals surface area contributed by atoms with Crippen LogP contribution in [0.1, 0.15) is 47.0 Å². The lowest BCUT2D eigenvalue weighted by Crippen LogP contribution is -2.23. The lowest BCUT2D eigenvalue weighted by Gasteiger charge is -2.24. The van der Waals surface area contributed by atoms with Gasteiger partial charge in [-0.2, -0.15) is 0 Å². The third-order valence-corrected chi connectivity index (χ3v) is 5.15. The molecule has 0 spiro atoms. The van der Waals surface area contributed by atoms with E-state index in [-0.39, 0.29) is 0 Å². The van der Waals surface area contributed by atoms with Gasteiger partial charge < -0.3 is 0 Å².